The number of aliphatic hydroxyl groups excluding tert-OH is 1. The van der Waals surface area contributed by atoms with Gasteiger partial charge in [0.15, 0.2) is 0 Å². The minimum Gasteiger partial charge on any atom is -0.396 e. The summed E-state index contributed by atoms with van der Waals surface area (Å²) in [7, 11) is 0. The lowest BCUT2D eigenvalue weighted by Crippen LogP contribution is -2.39. The Kier molecular flexibility index (Phi) is 5.83. The normalized spacial score (nSPS) is 22.3. The number of carbonyl (C=O) groups excluding carboxylic acids is 1. The van der Waals surface area contributed by atoms with Gasteiger partial charge >= 0.3 is 0 Å². The molecule has 15 heavy (non-hydrogen) atoms. The third kappa shape index (κ3) is 4.28. The summed E-state index contributed by atoms with van der Waals surface area (Å²) in [5, 5.41) is 8.75. The van der Waals surface area contributed by atoms with E-state index >= 15 is 0 Å². The first kappa shape index (κ1) is 12.6. The van der Waals surface area contributed by atoms with Gasteiger partial charge in [-0.25, -0.2) is 0 Å². The van der Waals surface area contributed by atoms with E-state index in [2.05, 4.69) is 11.8 Å². The fraction of sp³-hybridized carbons (Fsp3) is 0.909. The van der Waals surface area contributed by atoms with Crippen LogP contribution < -0.4 is 0 Å². The summed E-state index contributed by atoms with van der Waals surface area (Å²) in [6.45, 7) is 5.99. The Morgan fingerprint density at radius 3 is 3.00 bits per heavy atom. The highest BCUT2D eigenvalue weighted by Gasteiger charge is 2.24. The van der Waals surface area contributed by atoms with E-state index in [1.807, 2.05) is 0 Å². The molecule has 1 aliphatic rings. The molecule has 1 rings (SSSR count). The lowest BCUT2D eigenvalue weighted by molar-refractivity contribution is -0.131. The Morgan fingerprint density at radius 2 is 2.40 bits per heavy atom. The van der Waals surface area contributed by atoms with Crippen LogP contribution >= 0.6 is 0 Å². The van der Waals surface area contributed by atoms with Crippen LogP contribution in [0.15, 0.2) is 0 Å². The SMILES string of the molecule is CCN(CCCO)CC1COCCC1=O. The van der Waals surface area contributed by atoms with Gasteiger partial charge in [0.1, 0.15) is 5.78 Å². The topological polar surface area (TPSA) is 49.8 Å². The van der Waals surface area contributed by atoms with Gasteiger partial charge < -0.3 is 14.7 Å². The lowest BCUT2D eigenvalue weighted by Gasteiger charge is -2.27. The van der Waals surface area contributed by atoms with Crippen LogP contribution in [0.5, 0.6) is 0 Å². The molecule has 1 aliphatic heterocycles. The second-order valence-corrected chi connectivity index (χ2v) is 3.96. The third-order valence-electron chi connectivity index (χ3n) is 2.83. The van der Waals surface area contributed by atoms with Crippen molar-refractivity contribution in [3.8, 4) is 0 Å². The molecule has 0 aromatic carbocycles. The summed E-state index contributed by atoms with van der Waals surface area (Å²) < 4.78 is 5.31. The van der Waals surface area contributed by atoms with E-state index in [0.717, 1.165) is 26.1 Å². The number of ether oxygens (including phenoxy) is 1. The van der Waals surface area contributed by atoms with Gasteiger partial charge in [0.2, 0.25) is 0 Å². The molecule has 0 spiro atoms. The van der Waals surface area contributed by atoms with Crippen LogP contribution in [0.1, 0.15) is 19.8 Å². The largest absolute Gasteiger partial charge is 0.396 e. The molecule has 1 heterocycles. The van der Waals surface area contributed by atoms with Crippen LogP contribution in [0.2, 0.25) is 0 Å². The van der Waals surface area contributed by atoms with Gasteiger partial charge in [-0.15, -0.1) is 0 Å². The highest BCUT2D eigenvalue weighted by Crippen LogP contribution is 2.11. The van der Waals surface area contributed by atoms with E-state index in [0.29, 0.717) is 25.4 Å². The first-order valence-electron chi connectivity index (χ1n) is 5.71. The Bertz CT molecular complexity index is 196. The number of ketones is 1. The minimum atomic E-state index is 0.0393. The summed E-state index contributed by atoms with van der Waals surface area (Å²) >= 11 is 0. The molecule has 4 heteroatoms. The molecule has 1 N–H and O–H groups in total. The van der Waals surface area contributed by atoms with Gasteiger partial charge in [-0.2, -0.15) is 0 Å². The Balaban J connectivity index is 2.32. The summed E-state index contributed by atoms with van der Waals surface area (Å²) in [4.78, 5) is 13.8. The second kappa shape index (κ2) is 6.93. The number of aliphatic hydroxyl groups is 1. The maximum atomic E-state index is 11.6. The lowest BCUT2D eigenvalue weighted by atomic mass is 10.00. The van der Waals surface area contributed by atoms with Crippen LogP contribution in [0, 0.1) is 5.92 Å². The van der Waals surface area contributed by atoms with Crippen molar-refractivity contribution in [2.75, 3.05) is 39.5 Å². The number of hydrogen-bond acceptors (Lipinski definition) is 4. The summed E-state index contributed by atoms with van der Waals surface area (Å²) in [5.41, 5.74) is 0. The van der Waals surface area contributed by atoms with Crippen molar-refractivity contribution >= 4 is 5.78 Å². The van der Waals surface area contributed by atoms with Crippen LogP contribution in [0.25, 0.3) is 0 Å². The molecule has 4 nitrogen and oxygen atoms in total. The third-order valence-corrected chi connectivity index (χ3v) is 2.83. The fourth-order valence-electron chi connectivity index (χ4n) is 1.83. The highest BCUT2D eigenvalue weighted by atomic mass is 16.5. The predicted molar refractivity (Wildman–Crippen MR) is 57.7 cm³/mol. The van der Waals surface area contributed by atoms with Gasteiger partial charge in [0.05, 0.1) is 19.1 Å². The molecule has 1 atom stereocenters. The van der Waals surface area contributed by atoms with Crippen LogP contribution in [0.3, 0.4) is 0 Å². The molecule has 1 saturated heterocycles. The second-order valence-electron chi connectivity index (χ2n) is 3.96. The standard InChI is InChI=1S/C11H21NO3/c1-2-12(5-3-6-13)8-10-9-15-7-4-11(10)14/h10,13H,2-9H2,1H3. The number of carbonyl (C=O) groups is 1. The van der Waals surface area contributed by atoms with Gasteiger partial charge in [-0.05, 0) is 13.0 Å². The van der Waals surface area contributed by atoms with E-state index in [9.17, 15) is 4.79 Å². The van der Waals surface area contributed by atoms with E-state index in [4.69, 9.17) is 9.84 Å². The Morgan fingerprint density at radius 1 is 1.60 bits per heavy atom. The Hall–Kier alpha value is -0.450. The molecule has 0 aliphatic carbocycles. The number of hydrogen-bond donors (Lipinski definition) is 1. The molecule has 0 bridgehead atoms. The zero-order chi connectivity index (χ0) is 11.1. The van der Waals surface area contributed by atoms with Crippen LogP contribution in [-0.2, 0) is 9.53 Å². The van der Waals surface area contributed by atoms with Crippen molar-refractivity contribution in [2.24, 2.45) is 5.92 Å². The van der Waals surface area contributed by atoms with Crippen molar-refractivity contribution in [3.05, 3.63) is 0 Å². The molecule has 0 aromatic rings. The first-order chi connectivity index (χ1) is 7.27. The summed E-state index contributed by atoms with van der Waals surface area (Å²) in [6.07, 6.45) is 1.33. The molecular formula is C11H21NO3. The zero-order valence-electron chi connectivity index (χ0n) is 9.45. The Labute approximate surface area is 91.2 Å². The fourth-order valence-corrected chi connectivity index (χ4v) is 1.83. The molecule has 1 fully saturated rings. The summed E-state index contributed by atoms with van der Waals surface area (Å²) in [5.74, 6) is 0.362. The number of Topliss-reactive ketones (excluding diaryl/α,β-unsaturated/α-hetero) is 1. The molecule has 0 radical (unpaired) electrons. The maximum absolute atomic E-state index is 11.6. The van der Waals surface area contributed by atoms with E-state index < -0.39 is 0 Å². The maximum Gasteiger partial charge on any atom is 0.141 e. The monoisotopic (exact) mass is 215 g/mol. The van der Waals surface area contributed by atoms with Crippen molar-refractivity contribution in [1.29, 1.82) is 0 Å². The van der Waals surface area contributed by atoms with Gasteiger partial charge in [-0.1, -0.05) is 6.92 Å². The van der Waals surface area contributed by atoms with E-state index in [-0.39, 0.29) is 12.5 Å². The van der Waals surface area contributed by atoms with Crippen molar-refractivity contribution < 1.29 is 14.6 Å². The molecular weight excluding hydrogens is 194 g/mol. The quantitative estimate of drug-likeness (QED) is 0.692. The van der Waals surface area contributed by atoms with Gasteiger partial charge in [-0.3, -0.25) is 4.79 Å². The zero-order valence-corrected chi connectivity index (χ0v) is 9.45. The predicted octanol–water partition coefficient (Wildman–Crippen LogP) is 0.296. The highest BCUT2D eigenvalue weighted by molar-refractivity contribution is 5.82. The average Bonchev–Trinajstić information content (AvgIpc) is 2.26. The van der Waals surface area contributed by atoms with Crippen molar-refractivity contribution in [1.82, 2.24) is 4.90 Å². The van der Waals surface area contributed by atoms with E-state index in [1.165, 1.54) is 0 Å². The number of nitrogens with zero attached hydrogens (tertiary/aromatic N) is 1. The molecule has 0 amide bonds. The first-order valence-corrected chi connectivity index (χ1v) is 5.71. The number of rotatable bonds is 6. The minimum absolute atomic E-state index is 0.0393. The van der Waals surface area contributed by atoms with Gasteiger partial charge in [0, 0.05) is 26.1 Å². The molecule has 0 saturated carbocycles. The smallest absolute Gasteiger partial charge is 0.141 e. The van der Waals surface area contributed by atoms with Crippen LogP contribution in [-0.4, -0.2) is 55.2 Å². The van der Waals surface area contributed by atoms with Gasteiger partial charge in [0.25, 0.3) is 0 Å². The average molecular weight is 215 g/mol. The van der Waals surface area contributed by atoms with Crippen molar-refractivity contribution in [3.63, 3.8) is 0 Å². The van der Waals surface area contributed by atoms with Crippen LogP contribution in [0.4, 0.5) is 0 Å². The summed E-state index contributed by atoms with van der Waals surface area (Å²) in [6, 6.07) is 0. The van der Waals surface area contributed by atoms with E-state index in [1.54, 1.807) is 0 Å². The molecule has 0 aromatic heterocycles. The molecule has 1 unspecified atom stereocenters. The molecule has 88 valence electrons. The van der Waals surface area contributed by atoms with Crippen molar-refractivity contribution in [2.45, 2.75) is 19.8 Å².